The van der Waals surface area contributed by atoms with E-state index < -0.39 is 0 Å². The molecule has 1 aromatic heterocycles. The first kappa shape index (κ1) is 47.4. The van der Waals surface area contributed by atoms with Gasteiger partial charge < -0.3 is 14.4 Å². The number of rotatable bonds is 7. The average molecular weight is 1080 g/mol. The fraction of sp³-hybridized carbons (Fsp3) is 0. The molecule has 0 unspecified atom stereocenters. The first-order chi connectivity index (χ1) is 42.2. The van der Waals surface area contributed by atoms with E-state index in [-0.39, 0.29) is 0 Å². The van der Waals surface area contributed by atoms with E-state index in [1.807, 2.05) is 0 Å². The van der Waals surface area contributed by atoms with Crippen molar-refractivity contribution in [3.05, 3.63) is 354 Å². The van der Waals surface area contributed by atoms with Gasteiger partial charge in [-0.2, -0.15) is 0 Å². The summed E-state index contributed by atoms with van der Waals surface area (Å²) >= 11 is 0. The molecule has 0 bridgehead atoms. The molecule has 3 heteroatoms. The van der Waals surface area contributed by atoms with Gasteiger partial charge in [0.1, 0.15) is 0 Å². The predicted octanol–water partition coefficient (Wildman–Crippen LogP) is 21.7. The smallest absolute Gasteiger partial charge is 0.0542 e. The molecule has 4 aliphatic carbocycles. The van der Waals surface area contributed by atoms with Crippen molar-refractivity contribution in [1.82, 2.24) is 4.57 Å². The van der Waals surface area contributed by atoms with E-state index in [0.29, 0.717) is 0 Å². The fourth-order valence-electron chi connectivity index (χ4n) is 14.7. The van der Waals surface area contributed by atoms with Gasteiger partial charge >= 0.3 is 0 Å². The minimum atomic E-state index is 1.08. The van der Waals surface area contributed by atoms with Crippen molar-refractivity contribution in [3.8, 4) is 50.2 Å². The third-order valence-corrected chi connectivity index (χ3v) is 18.2. The number of fused-ring (bicyclic) bond motifs is 15. The zero-order valence-electron chi connectivity index (χ0n) is 46.3. The molecule has 0 N–H and O–H groups in total. The second-order valence-electron chi connectivity index (χ2n) is 22.6. The maximum Gasteiger partial charge on any atom is 0.0542 e. The van der Waals surface area contributed by atoms with Crippen LogP contribution >= 0.6 is 0 Å². The van der Waals surface area contributed by atoms with Gasteiger partial charge in [-0.25, -0.2) is 0 Å². The van der Waals surface area contributed by atoms with Crippen LogP contribution in [0.25, 0.3) is 94.3 Å². The Morgan fingerprint density at radius 3 is 0.753 bits per heavy atom. The maximum atomic E-state index is 2.45. The number of benzene rings is 13. The number of anilines is 6. The number of aromatic nitrogens is 1. The average Bonchev–Trinajstić information content (AvgIpc) is 3.09. The van der Waals surface area contributed by atoms with Crippen molar-refractivity contribution in [3.63, 3.8) is 0 Å². The van der Waals surface area contributed by atoms with Crippen LogP contribution in [0, 0.1) is 0 Å². The summed E-state index contributed by atoms with van der Waals surface area (Å²) in [5.74, 6) is 0. The molecule has 85 heavy (non-hydrogen) atoms. The largest absolute Gasteiger partial charge is 0.310 e. The highest BCUT2D eigenvalue weighted by Gasteiger charge is 2.35. The van der Waals surface area contributed by atoms with Gasteiger partial charge in [0.25, 0.3) is 0 Å². The summed E-state index contributed by atoms with van der Waals surface area (Å²) in [6.07, 6.45) is 0. The molecular formula is C82H51N3. The van der Waals surface area contributed by atoms with Crippen LogP contribution in [0.15, 0.2) is 309 Å². The molecule has 0 spiro atoms. The quantitative estimate of drug-likeness (QED) is 0.158. The normalized spacial score (nSPS) is 12.8. The highest BCUT2D eigenvalue weighted by molar-refractivity contribution is 6.21. The second-order valence-corrected chi connectivity index (χ2v) is 22.6. The zero-order valence-corrected chi connectivity index (χ0v) is 46.3. The van der Waals surface area contributed by atoms with Crippen molar-refractivity contribution < 1.29 is 0 Å². The topological polar surface area (TPSA) is 11.4 Å². The van der Waals surface area contributed by atoms with Crippen molar-refractivity contribution in [2.75, 3.05) is 9.80 Å². The molecule has 0 saturated heterocycles. The lowest BCUT2D eigenvalue weighted by atomic mass is 9.91. The lowest BCUT2D eigenvalue weighted by Crippen LogP contribution is -2.10. The molecule has 0 amide bonds. The highest BCUT2D eigenvalue weighted by Crippen LogP contribution is 2.58. The Morgan fingerprint density at radius 2 is 0.424 bits per heavy atom. The molecule has 1 heterocycles. The minimum Gasteiger partial charge on any atom is -0.310 e. The van der Waals surface area contributed by atoms with Gasteiger partial charge in [-0.1, -0.05) is 212 Å². The Labute approximate surface area is 493 Å². The summed E-state index contributed by atoms with van der Waals surface area (Å²) < 4.78 is 2.43. The molecule has 0 atom stereocenters. The second kappa shape index (κ2) is 18.6. The Hall–Kier alpha value is -11.3. The summed E-state index contributed by atoms with van der Waals surface area (Å²) in [5, 5.41) is 2.33. The van der Waals surface area contributed by atoms with Gasteiger partial charge in [-0.3, -0.25) is 0 Å². The summed E-state index contributed by atoms with van der Waals surface area (Å²) in [5.41, 5.74) is 35.4. The van der Waals surface area contributed by atoms with E-state index in [1.165, 1.54) is 111 Å². The van der Waals surface area contributed by atoms with Gasteiger partial charge in [0.15, 0.2) is 0 Å². The lowest BCUT2D eigenvalue weighted by molar-refractivity contribution is 1.18. The molecule has 0 radical (unpaired) electrons. The SMILES string of the molecule is c1ccc(N(c2ccc3c(c2)C(=C2c4ccccc4-c4ccccc42)c2ccccc2-3)c2ccc3c(c2)c2cc(N(c4ccccc4)c4ccc5c(c4)C(=C4c6ccccc6-c6ccccc64)c4ccccc4-5)ccc2n3-c2ccccc2)cc1. The van der Waals surface area contributed by atoms with Gasteiger partial charge in [-0.05, 0) is 208 Å². The van der Waals surface area contributed by atoms with Crippen LogP contribution in [-0.2, 0) is 0 Å². The van der Waals surface area contributed by atoms with E-state index in [0.717, 1.165) is 61.6 Å². The van der Waals surface area contributed by atoms with Crippen molar-refractivity contribution in [2.45, 2.75) is 0 Å². The molecular weight excluding hydrogens is 1030 g/mol. The standard InChI is InChI=1S/C82H51N3/c1-4-22-52(23-5-1)83(55-40-44-65-63-32-14-20-38-71(63)81(75(65)50-55)79-67-34-16-10-28-59(67)60-29-11-17-35-68(60)79)57-42-46-77-73(48-57)74-49-58(43-47-78(74)85(77)54-26-8-3-9-27-54)84(53-24-6-2-7-25-53)56-41-45-66-64-33-15-21-39-72(64)82(76(66)51-56)80-69-36-18-12-30-61(69)62-31-13-19-37-70(62)80/h1-51H. The molecule has 3 nitrogen and oxygen atoms in total. The molecule has 14 aromatic rings. The molecule has 4 aliphatic rings. The number of nitrogens with zero attached hydrogens (tertiary/aromatic N) is 3. The molecule has 0 fully saturated rings. The number of hydrogen-bond donors (Lipinski definition) is 0. The van der Waals surface area contributed by atoms with Gasteiger partial charge in [0.05, 0.1) is 11.0 Å². The Bertz CT molecular complexity index is 4780. The third kappa shape index (κ3) is 7.08. The Kier molecular flexibility index (Phi) is 10.4. The van der Waals surface area contributed by atoms with E-state index in [4.69, 9.17) is 0 Å². The van der Waals surface area contributed by atoms with E-state index in [2.05, 4.69) is 324 Å². The summed E-state index contributed by atoms with van der Waals surface area (Å²) in [6, 6.07) is 115. The van der Waals surface area contributed by atoms with Crippen LogP contribution in [0.2, 0.25) is 0 Å². The van der Waals surface area contributed by atoms with Crippen molar-refractivity contribution in [1.29, 1.82) is 0 Å². The van der Waals surface area contributed by atoms with Gasteiger partial charge in [0, 0.05) is 50.6 Å². The van der Waals surface area contributed by atoms with E-state index >= 15 is 0 Å². The van der Waals surface area contributed by atoms with Crippen LogP contribution in [-0.4, -0.2) is 4.57 Å². The first-order valence-corrected chi connectivity index (χ1v) is 29.4. The van der Waals surface area contributed by atoms with E-state index in [9.17, 15) is 0 Å². The third-order valence-electron chi connectivity index (χ3n) is 18.2. The van der Waals surface area contributed by atoms with Gasteiger partial charge in [-0.15, -0.1) is 0 Å². The highest BCUT2D eigenvalue weighted by atomic mass is 15.2. The van der Waals surface area contributed by atoms with Crippen LogP contribution in [0.5, 0.6) is 0 Å². The molecule has 13 aromatic carbocycles. The molecule has 0 aliphatic heterocycles. The molecule has 0 saturated carbocycles. The van der Waals surface area contributed by atoms with Crippen LogP contribution in [0.3, 0.4) is 0 Å². The monoisotopic (exact) mass is 1080 g/mol. The van der Waals surface area contributed by atoms with Crippen LogP contribution in [0.1, 0.15) is 44.5 Å². The summed E-state index contributed by atoms with van der Waals surface area (Å²) in [7, 11) is 0. The van der Waals surface area contributed by atoms with Crippen molar-refractivity contribution >= 4 is 78.2 Å². The summed E-state index contributed by atoms with van der Waals surface area (Å²) in [4.78, 5) is 4.90. The zero-order chi connectivity index (χ0) is 55.7. The van der Waals surface area contributed by atoms with Crippen LogP contribution in [0.4, 0.5) is 34.1 Å². The van der Waals surface area contributed by atoms with Crippen molar-refractivity contribution in [2.24, 2.45) is 0 Å². The van der Waals surface area contributed by atoms with Crippen LogP contribution < -0.4 is 9.80 Å². The first-order valence-electron chi connectivity index (χ1n) is 29.4. The lowest BCUT2D eigenvalue weighted by Gasteiger charge is -2.27. The molecule has 18 rings (SSSR count). The van der Waals surface area contributed by atoms with E-state index in [1.54, 1.807) is 0 Å². The maximum absolute atomic E-state index is 2.45. The molecule has 394 valence electrons. The number of hydrogen-bond acceptors (Lipinski definition) is 2. The minimum absolute atomic E-state index is 1.08. The number of para-hydroxylation sites is 3. The Balaban J connectivity index is 0.838. The van der Waals surface area contributed by atoms with Gasteiger partial charge in [0.2, 0.25) is 0 Å². The predicted molar refractivity (Wildman–Crippen MR) is 355 cm³/mol. The summed E-state index contributed by atoms with van der Waals surface area (Å²) in [6.45, 7) is 0. The Morgan fingerprint density at radius 1 is 0.176 bits per heavy atom. The fourth-order valence-corrected chi connectivity index (χ4v) is 14.7.